The van der Waals surface area contributed by atoms with E-state index in [-0.39, 0.29) is 5.91 Å². The van der Waals surface area contributed by atoms with E-state index in [2.05, 4.69) is 13.0 Å². The van der Waals surface area contributed by atoms with Gasteiger partial charge in [-0.05, 0) is 31.4 Å². The van der Waals surface area contributed by atoms with Crippen LogP contribution in [0.4, 0.5) is 0 Å². The molecule has 1 aromatic rings. The van der Waals surface area contributed by atoms with Crippen LogP contribution in [0.25, 0.3) is 0 Å². The van der Waals surface area contributed by atoms with Gasteiger partial charge in [0.15, 0.2) is 0 Å². The maximum absolute atomic E-state index is 12.3. The normalized spacial score (nSPS) is 20.8. The summed E-state index contributed by atoms with van der Waals surface area (Å²) in [5.41, 5.74) is 3.30. The van der Waals surface area contributed by atoms with Crippen molar-refractivity contribution in [3.05, 3.63) is 34.9 Å². The third-order valence-corrected chi connectivity index (χ3v) is 3.72. The minimum absolute atomic E-state index is 0.201. The maximum atomic E-state index is 12.3. The molecule has 90 valence electrons. The van der Waals surface area contributed by atoms with Crippen molar-refractivity contribution in [2.24, 2.45) is 0 Å². The lowest BCUT2D eigenvalue weighted by Gasteiger charge is -2.30. The van der Waals surface area contributed by atoms with Crippen molar-refractivity contribution in [3.8, 4) is 0 Å². The number of amides is 1. The first-order valence-corrected chi connectivity index (χ1v) is 6.24. The largest absolute Gasteiger partial charge is 0.381 e. The topological polar surface area (TPSA) is 29.5 Å². The zero-order valence-corrected chi connectivity index (χ0v) is 10.1. The summed E-state index contributed by atoms with van der Waals surface area (Å²) in [6.45, 7) is 4.41. The SMILES string of the molecule is Cc1ccc2c(c1)CN(C1CCOCC1)C2=O. The number of benzene rings is 1. The number of carbonyl (C=O) groups is 1. The molecule has 0 bridgehead atoms. The molecule has 1 amide bonds. The second-order valence-electron chi connectivity index (χ2n) is 4.94. The van der Waals surface area contributed by atoms with Gasteiger partial charge in [-0.3, -0.25) is 4.79 Å². The molecular formula is C14H17NO2. The summed E-state index contributed by atoms with van der Waals surface area (Å²) in [4.78, 5) is 14.3. The Morgan fingerprint density at radius 3 is 2.82 bits per heavy atom. The number of hydrogen-bond donors (Lipinski definition) is 0. The number of carbonyl (C=O) groups excluding carboxylic acids is 1. The molecule has 3 rings (SSSR count). The molecule has 0 aliphatic carbocycles. The summed E-state index contributed by atoms with van der Waals surface area (Å²) < 4.78 is 5.35. The Hall–Kier alpha value is -1.35. The highest BCUT2D eigenvalue weighted by Gasteiger charge is 2.33. The third-order valence-electron chi connectivity index (χ3n) is 3.72. The molecule has 0 unspecified atom stereocenters. The molecular weight excluding hydrogens is 214 g/mol. The van der Waals surface area contributed by atoms with Gasteiger partial charge in [-0.25, -0.2) is 0 Å². The zero-order chi connectivity index (χ0) is 11.8. The van der Waals surface area contributed by atoms with Gasteiger partial charge in [0.25, 0.3) is 5.91 Å². The molecule has 0 atom stereocenters. The highest BCUT2D eigenvalue weighted by Crippen LogP contribution is 2.28. The summed E-state index contributed by atoms with van der Waals surface area (Å²) >= 11 is 0. The first-order chi connectivity index (χ1) is 8.25. The quantitative estimate of drug-likeness (QED) is 0.741. The van der Waals surface area contributed by atoms with Crippen LogP contribution in [0, 0.1) is 6.92 Å². The number of hydrogen-bond acceptors (Lipinski definition) is 2. The highest BCUT2D eigenvalue weighted by atomic mass is 16.5. The summed E-state index contributed by atoms with van der Waals surface area (Å²) in [7, 11) is 0. The van der Waals surface area contributed by atoms with Crippen LogP contribution in [0.3, 0.4) is 0 Å². The van der Waals surface area contributed by atoms with Gasteiger partial charge in [0.05, 0.1) is 0 Å². The molecule has 3 heteroatoms. The van der Waals surface area contributed by atoms with Gasteiger partial charge in [-0.1, -0.05) is 17.7 Å². The van der Waals surface area contributed by atoms with Crippen molar-refractivity contribution in [1.29, 1.82) is 0 Å². The van der Waals surface area contributed by atoms with Crippen molar-refractivity contribution in [2.45, 2.75) is 32.4 Å². The standard InChI is InChI=1S/C14H17NO2/c1-10-2-3-13-11(8-10)9-15(14(13)16)12-4-6-17-7-5-12/h2-3,8,12H,4-7,9H2,1H3. The molecule has 1 saturated heterocycles. The molecule has 2 aliphatic heterocycles. The minimum Gasteiger partial charge on any atom is -0.381 e. The Labute approximate surface area is 101 Å². The number of rotatable bonds is 1. The van der Waals surface area contributed by atoms with Gasteiger partial charge in [-0.15, -0.1) is 0 Å². The number of fused-ring (bicyclic) bond motifs is 1. The van der Waals surface area contributed by atoms with Crippen molar-refractivity contribution in [1.82, 2.24) is 4.90 Å². The number of ether oxygens (including phenoxy) is 1. The van der Waals surface area contributed by atoms with Crippen LogP contribution in [0.1, 0.15) is 34.3 Å². The van der Waals surface area contributed by atoms with Crippen LogP contribution in [0.15, 0.2) is 18.2 Å². The molecule has 0 spiro atoms. The molecule has 0 N–H and O–H groups in total. The predicted octanol–water partition coefficient (Wildman–Crippen LogP) is 2.13. The van der Waals surface area contributed by atoms with Crippen LogP contribution in [-0.4, -0.2) is 30.1 Å². The van der Waals surface area contributed by atoms with E-state index in [0.29, 0.717) is 6.04 Å². The van der Waals surface area contributed by atoms with Crippen LogP contribution in [-0.2, 0) is 11.3 Å². The Bertz CT molecular complexity index is 450. The Morgan fingerprint density at radius 1 is 1.29 bits per heavy atom. The fraction of sp³-hybridized carbons (Fsp3) is 0.500. The Morgan fingerprint density at radius 2 is 2.06 bits per heavy atom. The molecule has 0 aromatic heterocycles. The number of aryl methyl sites for hydroxylation is 1. The first-order valence-electron chi connectivity index (χ1n) is 6.24. The second-order valence-corrected chi connectivity index (χ2v) is 4.94. The third kappa shape index (κ3) is 1.84. The lowest BCUT2D eigenvalue weighted by Crippen LogP contribution is -2.39. The molecule has 2 aliphatic rings. The molecule has 1 aromatic carbocycles. The van der Waals surface area contributed by atoms with E-state index in [9.17, 15) is 4.79 Å². The van der Waals surface area contributed by atoms with Gasteiger partial charge in [0, 0.05) is 31.4 Å². The average molecular weight is 231 g/mol. The summed E-state index contributed by atoms with van der Waals surface area (Å²) in [5, 5.41) is 0. The smallest absolute Gasteiger partial charge is 0.254 e. The lowest BCUT2D eigenvalue weighted by atomic mass is 10.1. The van der Waals surface area contributed by atoms with Gasteiger partial charge in [-0.2, -0.15) is 0 Å². The van der Waals surface area contributed by atoms with E-state index in [4.69, 9.17) is 4.74 Å². The Kier molecular flexibility index (Phi) is 2.63. The molecule has 0 saturated carbocycles. The monoisotopic (exact) mass is 231 g/mol. The molecule has 0 radical (unpaired) electrons. The van der Waals surface area contributed by atoms with E-state index < -0.39 is 0 Å². The van der Waals surface area contributed by atoms with Crippen LogP contribution < -0.4 is 0 Å². The van der Waals surface area contributed by atoms with Gasteiger partial charge in [0.2, 0.25) is 0 Å². The van der Waals surface area contributed by atoms with Gasteiger partial charge in [0.1, 0.15) is 0 Å². The molecule has 2 heterocycles. The van der Waals surface area contributed by atoms with E-state index in [0.717, 1.165) is 38.2 Å². The molecule has 1 fully saturated rings. The first kappa shape index (κ1) is 10.8. The fourth-order valence-electron chi connectivity index (χ4n) is 2.76. The summed E-state index contributed by atoms with van der Waals surface area (Å²) in [5.74, 6) is 0.201. The van der Waals surface area contributed by atoms with E-state index in [1.54, 1.807) is 0 Å². The summed E-state index contributed by atoms with van der Waals surface area (Å²) in [6.07, 6.45) is 1.94. The van der Waals surface area contributed by atoms with E-state index >= 15 is 0 Å². The highest BCUT2D eigenvalue weighted by molar-refractivity contribution is 5.98. The lowest BCUT2D eigenvalue weighted by molar-refractivity contribution is 0.0303. The Balaban J connectivity index is 1.85. The second kappa shape index (κ2) is 4.15. The van der Waals surface area contributed by atoms with Crippen LogP contribution in [0.2, 0.25) is 0 Å². The van der Waals surface area contributed by atoms with E-state index in [1.165, 1.54) is 11.1 Å². The van der Waals surface area contributed by atoms with Gasteiger partial charge < -0.3 is 9.64 Å². The predicted molar refractivity (Wildman–Crippen MR) is 64.9 cm³/mol. The molecule has 17 heavy (non-hydrogen) atoms. The maximum Gasteiger partial charge on any atom is 0.254 e. The van der Waals surface area contributed by atoms with E-state index in [1.807, 2.05) is 17.0 Å². The van der Waals surface area contributed by atoms with Crippen molar-refractivity contribution >= 4 is 5.91 Å². The van der Waals surface area contributed by atoms with Crippen molar-refractivity contribution in [2.75, 3.05) is 13.2 Å². The molecule has 3 nitrogen and oxygen atoms in total. The minimum atomic E-state index is 0.201. The van der Waals surface area contributed by atoms with Crippen molar-refractivity contribution < 1.29 is 9.53 Å². The van der Waals surface area contributed by atoms with Crippen LogP contribution in [0.5, 0.6) is 0 Å². The average Bonchev–Trinajstić information content (AvgIpc) is 2.67. The zero-order valence-electron chi connectivity index (χ0n) is 10.1. The fourth-order valence-corrected chi connectivity index (χ4v) is 2.76. The number of nitrogens with zero attached hydrogens (tertiary/aromatic N) is 1. The summed E-state index contributed by atoms with van der Waals surface area (Å²) in [6, 6.07) is 6.48. The van der Waals surface area contributed by atoms with Crippen molar-refractivity contribution in [3.63, 3.8) is 0 Å². The van der Waals surface area contributed by atoms with Gasteiger partial charge >= 0.3 is 0 Å². The van der Waals surface area contributed by atoms with Crippen LogP contribution >= 0.6 is 0 Å².